The average molecular weight is 584 g/mol. The van der Waals surface area contributed by atoms with Gasteiger partial charge < -0.3 is 25.2 Å². The molecule has 1 fully saturated rings. The van der Waals surface area contributed by atoms with Crippen molar-refractivity contribution in [2.75, 3.05) is 13.2 Å². The van der Waals surface area contributed by atoms with Crippen molar-refractivity contribution in [1.82, 2.24) is 10.2 Å². The number of halogens is 1. The number of nitrogens with one attached hydrogen (secondary N) is 1. The van der Waals surface area contributed by atoms with E-state index >= 15 is 0 Å². The number of hydrogen-bond donors (Lipinski definition) is 3. The van der Waals surface area contributed by atoms with Gasteiger partial charge in [0.2, 0.25) is 11.8 Å². The summed E-state index contributed by atoms with van der Waals surface area (Å²) >= 11 is 2.18. The van der Waals surface area contributed by atoms with Crippen molar-refractivity contribution in [1.29, 1.82) is 0 Å². The summed E-state index contributed by atoms with van der Waals surface area (Å²) in [5.41, 5.74) is 0.467. The van der Waals surface area contributed by atoms with Crippen LogP contribution in [0.5, 0.6) is 5.75 Å². The SMILES string of the molecule is CC(C)C(=O)N(C1CCCCCC1)[C@@H]1CC(C(=O)NCCO)=C[C@H](Oc2ccccc2I)[C@H]1O. The molecule has 2 amide bonds. The predicted octanol–water partition coefficient (Wildman–Crippen LogP) is 3.41. The van der Waals surface area contributed by atoms with E-state index in [9.17, 15) is 14.7 Å². The van der Waals surface area contributed by atoms with E-state index < -0.39 is 18.2 Å². The third-order valence-electron chi connectivity index (χ3n) is 6.64. The molecule has 0 saturated heterocycles. The van der Waals surface area contributed by atoms with Crippen molar-refractivity contribution in [2.45, 2.75) is 83.1 Å². The number of para-hydroxylation sites is 1. The largest absolute Gasteiger partial charge is 0.482 e. The van der Waals surface area contributed by atoms with E-state index in [-0.39, 0.29) is 43.3 Å². The first-order valence-corrected chi connectivity index (χ1v) is 13.4. The Bertz CT molecular complexity index is 867. The Hall–Kier alpha value is -1.65. The van der Waals surface area contributed by atoms with Gasteiger partial charge >= 0.3 is 0 Å². The molecule has 0 radical (unpaired) electrons. The van der Waals surface area contributed by atoms with Crippen LogP contribution in [0.25, 0.3) is 0 Å². The van der Waals surface area contributed by atoms with E-state index in [1.807, 2.05) is 43.0 Å². The van der Waals surface area contributed by atoms with Crippen LogP contribution in [0.3, 0.4) is 0 Å². The van der Waals surface area contributed by atoms with Crippen LogP contribution in [-0.2, 0) is 9.59 Å². The minimum absolute atomic E-state index is 0.000933. The molecular formula is C26H37IN2O5. The molecule has 0 spiro atoms. The molecule has 1 saturated carbocycles. The van der Waals surface area contributed by atoms with Crippen LogP contribution in [0.2, 0.25) is 0 Å². The lowest BCUT2D eigenvalue weighted by Gasteiger charge is -2.45. The fraction of sp³-hybridized carbons (Fsp3) is 0.615. The molecule has 7 nitrogen and oxygen atoms in total. The molecule has 0 aromatic heterocycles. The van der Waals surface area contributed by atoms with Gasteiger partial charge in [-0.3, -0.25) is 9.59 Å². The van der Waals surface area contributed by atoms with Crippen LogP contribution in [-0.4, -0.2) is 64.4 Å². The average Bonchev–Trinajstić information content (AvgIpc) is 3.10. The molecule has 0 aliphatic heterocycles. The Morgan fingerprint density at radius 3 is 2.47 bits per heavy atom. The maximum Gasteiger partial charge on any atom is 0.247 e. The van der Waals surface area contributed by atoms with Gasteiger partial charge in [-0.2, -0.15) is 0 Å². The second-order valence-electron chi connectivity index (χ2n) is 9.49. The normalized spacial score (nSPS) is 23.7. The summed E-state index contributed by atoms with van der Waals surface area (Å²) in [6.07, 6.45) is 6.38. The van der Waals surface area contributed by atoms with Gasteiger partial charge in [0.05, 0.1) is 16.2 Å². The molecule has 3 N–H and O–H groups in total. The second kappa shape index (κ2) is 12.9. The van der Waals surface area contributed by atoms with Gasteiger partial charge in [0.15, 0.2) is 0 Å². The van der Waals surface area contributed by atoms with Crippen LogP contribution in [0.4, 0.5) is 0 Å². The minimum atomic E-state index is -0.976. The fourth-order valence-electron chi connectivity index (χ4n) is 4.88. The van der Waals surface area contributed by atoms with Crippen LogP contribution >= 0.6 is 22.6 Å². The summed E-state index contributed by atoms with van der Waals surface area (Å²) in [5, 5.41) is 23.4. The second-order valence-corrected chi connectivity index (χ2v) is 10.7. The van der Waals surface area contributed by atoms with Crippen molar-refractivity contribution in [2.24, 2.45) is 5.92 Å². The van der Waals surface area contributed by atoms with Crippen LogP contribution in [0.1, 0.15) is 58.8 Å². The highest BCUT2D eigenvalue weighted by Crippen LogP contribution is 2.33. The van der Waals surface area contributed by atoms with Crippen molar-refractivity contribution in [3.63, 3.8) is 0 Å². The molecule has 2 aliphatic carbocycles. The first-order valence-electron chi connectivity index (χ1n) is 12.3. The van der Waals surface area contributed by atoms with E-state index in [1.54, 1.807) is 6.08 Å². The first-order chi connectivity index (χ1) is 16.3. The zero-order chi connectivity index (χ0) is 24.7. The number of ether oxygens (including phenoxy) is 1. The van der Waals surface area contributed by atoms with Gasteiger partial charge in [-0.1, -0.05) is 51.7 Å². The van der Waals surface area contributed by atoms with E-state index in [2.05, 4.69) is 27.9 Å². The van der Waals surface area contributed by atoms with Crippen molar-refractivity contribution < 1.29 is 24.5 Å². The van der Waals surface area contributed by atoms with E-state index in [0.29, 0.717) is 11.3 Å². The van der Waals surface area contributed by atoms with Crippen LogP contribution in [0, 0.1) is 9.49 Å². The van der Waals surface area contributed by atoms with Crippen LogP contribution in [0.15, 0.2) is 35.9 Å². The molecule has 34 heavy (non-hydrogen) atoms. The maximum absolute atomic E-state index is 13.5. The summed E-state index contributed by atoms with van der Waals surface area (Å²) < 4.78 is 7.11. The van der Waals surface area contributed by atoms with Crippen molar-refractivity contribution in [3.05, 3.63) is 39.5 Å². The lowest BCUT2D eigenvalue weighted by Crippen LogP contribution is -2.58. The molecule has 3 rings (SSSR count). The van der Waals surface area contributed by atoms with E-state index in [4.69, 9.17) is 9.84 Å². The number of aliphatic hydroxyl groups is 2. The molecular weight excluding hydrogens is 547 g/mol. The summed E-state index contributed by atoms with van der Waals surface area (Å²) in [7, 11) is 0. The summed E-state index contributed by atoms with van der Waals surface area (Å²) in [4.78, 5) is 28.3. The molecule has 2 aliphatic rings. The zero-order valence-electron chi connectivity index (χ0n) is 20.1. The number of hydrogen-bond acceptors (Lipinski definition) is 5. The molecule has 0 bridgehead atoms. The van der Waals surface area contributed by atoms with Crippen LogP contribution < -0.4 is 10.1 Å². The summed E-state index contributed by atoms with van der Waals surface area (Å²) in [6.45, 7) is 3.74. The smallest absolute Gasteiger partial charge is 0.247 e. The van der Waals surface area contributed by atoms with Gasteiger partial charge in [-0.15, -0.1) is 0 Å². The molecule has 1 aromatic rings. The molecule has 3 atom stereocenters. The highest BCUT2D eigenvalue weighted by molar-refractivity contribution is 14.1. The third-order valence-corrected chi connectivity index (χ3v) is 7.53. The molecule has 0 unspecified atom stereocenters. The highest BCUT2D eigenvalue weighted by atomic mass is 127. The molecule has 1 aromatic carbocycles. The highest BCUT2D eigenvalue weighted by Gasteiger charge is 2.43. The Morgan fingerprint density at radius 1 is 1.18 bits per heavy atom. The standard InChI is InChI=1S/C26H37IN2O5/c1-17(2)26(33)29(19-9-5-3-4-6-10-19)21-15-18(25(32)28-13-14-30)16-23(24(21)31)34-22-12-8-7-11-20(22)27/h7-8,11-12,16-17,19,21,23-24,30-31H,3-6,9-10,13-15H2,1-2H3,(H,28,32)/t21-,23+,24+/m1/s1. The topological polar surface area (TPSA) is 99.1 Å². The quantitative estimate of drug-likeness (QED) is 0.322. The van der Waals surface area contributed by atoms with Gasteiger partial charge in [0, 0.05) is 30.5 Å². The monoisotopic (exact) mass is 584 g/mol. The molecule has 188 valence electrons. The number of amides is 2. The fourth-order valence-corrected chi connectivity index (χ4v) is 5.40. The van der Waals surface area contributed by atoms with Gasteiger partial charge in [-0.05, 0) is 53.6 Å². The minimum Gasteiger partial charge on any atom is -0.482 e. The Balaban J connectivity index is 1.97. The number of aliphatic hydroxyl groups excluding tert-OH is 2. The molecule has 0 heterocycles. The Morgan fingerprint density at radius 2 is 1.85 bits per heavy atom. The van der Waals surface area contributed by atoms with E-state index in [0.717, 1.165) is 42.1 Å². The van der Waals surface area contributed by atoms with Gasteiger partial charge in [0.25, 0.3) is 0 Å². The first kappa shape index (κ1) is 26.9. The molecule has 8 heteroatoms. The predicted molar refractivity (Wildman–Crippen MR) is 139 cm³/mol. The van der Waals surface area contributed by atoms with E-state index in [1.165, 1.54) is 0 Å². The Labute approximate surface area is 216 Å². The maximum atomic E-state index is 13.5. The van der Waals surface area contributed by atoms with Gasteiger partial charge in [-0.25, -0.2) is 0 Å². The number of nitrogens with zero attached hydrogens (tertiary/aromatic N) is 1. The zero-order valence-corrected chi connectivity index (χ0v) is 22.2. The number of carbonyl (C=O) groups excluding carboxylic acids is 2. The number of rotatable bonds is 8. The number of benzene rings is 1. The van der Waals surface area contributed by atoms with Crippen molar-refractivity contribution in [3.8, 4) is 5.75 Å². The summed E-state index contributed by atoms with van der Waals surface area (Å²) in [6, 6.07) is 7.00. The van der Waals surface area contributed by atoms with Crippen molar-refractivity contribution >= 4 is 34.4 Å². The number of carbonyl (C=O) groups is 2. The third kappa shape index (κ3) is 6.73. The Kier molecular flexibility index (Phi) is 10.2. The summed E-state index contributed by atoms with van der Waals surface area (Å²) in [5.74, 6) is 0.0963. The lowest BCUT2D eigenvalue weighted by atomic mass is 9.86. The van der Waals surface area contributed by atoms with Gasteiger partial charge in [0.1, 0.15) is 18.0 Å². The lowest BCUT2D eigenvalue weighted by molar-refractivity contribution is -0.146.